The normalized spacial score (nSPS) is 10.8. The predicted octanol–water partition coefficient (Wildman–Crippen LogP) is 2.21. The molecule has 2 N–H and O–H groups in total. The first-order chi connectivity index (χ1) is 10.3. The van der Waals surface area contributed by atoms with Crippen LogP contribution in [0.1, 0.15) is 18.1 Å². The van der Waals surface area contributed by atoms with Gasteiger partial charge in [-0.1, -0.05) is 24.2 Å². The van der Waals surface area contributed by atoms with Crippen LogP contribution in [-0.4, -0.2) is 20.1 Å². The average molecular weight is 281 g/mol. The van der Waals surface area contributed by atoms with Crippen molar-refractivity contribution < 1.29 is 4.52 Å². The Labute approximate surface area is 122 Å². The van der Waals surface area contributed by atoms with Crippen molar-refractivity contribution in [3.8, 4) is 23.1 Å². The van der Waals surface area contributed by atoms with Crippen molar-refractivity contribution in [1.29, 1.82) is 0 Å². The van der Waals surface area contributed by atoms with Crippen molar-refractivity contribution in [3.05, 3.63) is 47.8 Å². The summed E-state index contributed by atoms with van der Waals surface area (Å²) in [4.78, 5) is 13.0. The summed E-state index contributed by atoms with van der Waals surface area (Å²) in [5, 5.41) is 4.00. The number of aryl methyl sites for hydroxylation is 1. The zero-order chi connectivity index (χ0) is 14.7. The van der Waals surface area contributed by atoms with E-state index in [9.17, 15) is 0 Å². The Morgan fingerprint density at radius 2 is 2.10 bits per heavy atom. The number of aromatic nitrogens is 4. The number of rotatable bonds is 4. The van der Waals surface area contributed by atoms with Crippen molar-refractivity contribution >= 4 is 0 Å². The summed E-state index contributed by atoms with van der Waals surface area (Å²) >= 11 is 0. The maximum absolute atomic E-state index is 5.55. The molecule has 106 valence electrons. The fraction of sp³-hybridized carbons (Fsp3) is 0.200. The Bertz CT molecular complexity index is 736. The zero-order valence-corrected chi connectivity index (χ0v) is 11.7. The van der Waals surface area contributed by atoms with Crippen molar-refractivity contribution in [2.75, 3.05) is 0 Å². The van der Waals surface area contributed by atoms with E-state index in [2.05, 4.69) is 27.0 Å². The van der Waals surface area contributed by atoms with Crippen LogP contribution in [0.25, 0.3) is 23.1 Å². The van der Waals surface area contributed by atoms with E-state index in [4.69, 9.17) is 10.3 Å². The number of nitrogens with two attached hydrogens (primary N) is 1. The Morgan fingerprint density at radius 3 is 2.81 bits per heavy atom. The summed E-state index contributed by atoms with van der Waals surface area (Å²) in [5.41, 5.74) is 8.95. The van der Waals surface area contributed by atoms with Crippen molar-refractivity contribution in [2.45, 2.75) is 19.9 Å². The largest absolute Gasteiger partial charge is 0.332 e. The molecule has 0 aliphatic carbocycles. The van der Waals surface area contributed by atoms with Gasteiger partial charge in [0.2, 0.25) is 5.82 Å². The van der Waals surface area contributed by atoms with E-state index in [1.54, 1.807) is 12.4 Å². The Kier molecular flexibility index (Phi) is 3.70. The second kappa shape index (κ2) is 5.80. The van der Waals surface area contributed by atoms with E-state index in [0.717, 1.165) is 23.2 Å². The molecule has 21 heavy (non-hydrogen) atoms. The third-order valence-electron chi connectivity index (χ3n) is 3.19. The van der Waals surface area contributed by atoms with Crippen molar-refractivity contribution in [2.24, 2.45) is 5.73 Å². The van der Waals surface area contributed by atoms with Gasteiger partial charge in [-0.15, -0.1) is 0 Å². The number of pyridine rings is 2. The highest BCUT2D eigenvalue weighted by atomic mass is 16.5. The molecule has 0 atom stereocenters. The molecule has 0 fully saturated rings. The Balaban J connectivity index is 1.95. The maximum Gasteiger partial charge on any atom is 0.276 e. The van der Waals surface area contributed by atoms with Crippen LogP contribution < -0.4 is 5.73 Å². The Hall–Kier alpha value is -2.60. The minimum atomic E-state index is 0.376. The van der Waals surface area contributed by atoms with Gasteiger partial charge >= 0.3 is 0 Å². The standard InChI is InChI=1S/C15H15N5O/c1-2-11-4-3-7-17-13(11)14-19-15(21-20-14)12-6-5-10(8-16)9-18-12/h3-7,9H,2,8,16H2,1H3. The lowest BCUT2D eigenvalue weighted by Crippen LogP contribution is -1.97. The third kappa shape index (κ3) is 2.66. The summed E-state index contributed by atoms with van der Waals surface area (Å²) in [6.45, 7) is 2.52. The fourth-order valence-corrected chi connectivity index (χ4v) is 2.02. The first-order valence-corrected chi connectivity index (χ1v) is 6.75. The van der Waals surface area contributed by atoms with Gasteiger partial charge in [0.25, 0.3) is 5.89 Å². The predicted molar refractivity (Wildman–Crippen MR) is 78.0 cm³/mol. The van der Waals surface area contributed by atoms with E-state index in [-0.39, 0.29) is 0 Å². The van der Waals surface area contributed by atoms with Gasteiger partial charge in [-0.25, -0.2) is 0 Å². The van der Waals surface area contributed by atoms with E-state index in [1.807, 2.05) is 24.3 Å². The van der Waals surface area contributed by atoms with Gasteiger partial charge in [0.15, 0.2) is 0 Å². The van der Waals surface area contributed by atoms with E-state index < -0.39 is 0 Å². The van der Waals surface area contributed by atoms with E-state index in [1.165, 1.54) is 0 Å². The number of hydrogen-bond donors (Lipinski definition) is 1. The molecule has 0 bridgehead atoms. The topological polar surface area (TPSA) is 90.7 Å². The van der Waals surface area contributed by atoms with Crippen LogP contribution in [0.5, 0.6) is 0 Å². The molecule has 0 aliphatic heterocycles. The van der Waals surface area contributed by atoms with Crippen LogP contribution in [-0.2, 0) is 13.0 Å². The highest BCUT2D eigenvalue weighted by Gasteiger charge is 2.14. The first-order valence-electron chi connectivity index (χ1n) is 6.75. The molecular formula is C15H15N5O. The average Bonchev–Trinajstić information content (AvgIpc) is 3.04. The zero-order valence-electron chi connectivity index (χ0n) is 11.7. The molecule has 0 saturated heterocycles. The van der Waals surface area contributed by atoms with Gasteiger partial charge in [0.05, 0.1) is 0 Å². The molecule has 3 heterocycles. The number of hydrogen-bond acceptors (Lipinski definition) is 6. The summed E-state index contributed by atoms with van der Waals surface area (Å²) in [5.74, 6) is 0.855. The second-order valence-corrected chi connectivity index (χ2v) is 4.54. The summed E-state index contributed by atoms with van der Waals surface area (Å²) in [6.07, 6.45) is 4.28. The smallest absolute Gasteiger partial charge is 0.276 e. The lowest BCUT2D eigenvalue weighted by Gasteiger charge is -2.00. The van der Waals surface area contributed by atoms with Crippen LogP contribution in [0.15, 0.2) is 41.2 Å². The van der Waals surface area contributed by atoms with Gasteiger partial charge in [-0.3, -0.25) is 9.97 Å². The second-order valence-electron chi connectivity index (χ2n) is 4.54. The van der Waals surface area contributed by atoms with Crippen LogP contribution in [0.3, 0.4) is 0 Å². The van der Waals surface area contributed by atoms with Crippen LogP contribution in [0.2, 0.25) is 0 Å². The van der Waals surface area contributed by atoms with E-state index >= 15 is 0 Å². The summed E-state index contributed by atoms with van der Waals surface area (Å²) in [7, 11) is 0. The maximum atomic E-state index is 5.55. The molecular weight excluding hydrogens is 266 g/mol. The third-order valence-corrected chi connectivity index (χ3v) is 3.19. The van der Waals surface area contributed by atoms with Gasteiger partial charge in [0, 0.05) is 18.9 Å². The molecule has 0 spiro atoms. The summed E-state index contributed by atoms with van der Waals surface area (Å²) < 4.78 is 5.28. The van der Waals surface area contributed by atoms with Crippen LogP contribution in [0, 0.1) is 0 Å². The molecule has 0 amide bonds. The van der Waals surface area contributed by atoms with Gasteiger partial charge in [0.1, 0.15) is 11.4 Å². The highest BCUT2D eigenvalue weighted by Crippen LogP contribution is 2.22. The Morgan fingerprint density at radius 1 is 1.19 bits per heavy atom. The van der Waals surface area contributed by atoms with E-state index in [0.29, 0.717) is 24.0 Å². The molecule has 6 heteroatoms. The molecule has 0 aromatic carbocycles. The highest BCUT2D eigenvalue weighted by molar-refractivity contribution is 5.57. The van der Waals surface area contributed by atoms with Crippen LogP contribution >= 0.6 is 0 Å². The molecule has 0 saturated carbocycles. The van der Waals surface area contributed by atoms with Gasteiger partial charge < -0.3 is 10.3 Å². The van der Waals surface area contributed by atoms with Crippen molar-refractivity contribution in [1.82, 2.24) is 20.1 Å². The summed E-state index contributed by atoms with van der Waals surface area (Å²) in [6, 6.07) is 7.62. The fourth-order valence-electron chi connectivity index (χ4n) is 2.02. The molecule has 0 aliphatic rings. The minimum Gasteiger partial charge on any atom is -0.332 e. The first kappa shape index (κ1) is 13.4. The van der Waals surface area contributed by atoms with Gasteiger partial charge in [-0.2, -0.15) is 4.98 Å². The molecule has 0 radical (unpaired) electrons. The lowest BCUT2D eigenvalue weighted by atomic mass is 10.1. The molecule has 3 rings (SSSR count). The number of nitrogens with zero attached hydrogens (tertiary/aromatic N) is 4. The molecule has 3 aromatic heterocycles. The van der Waals surface area contributed by atoms with Crippen molar-refractivity contribution in [3.63, 3.8) is 0 Å². The molecule has 6 nitrogen and oxygen atoms in total. The molecule has 0 unspecified atom stereocenters. The SMILES string of the molecule is CCc1cccnc1-c1noc(-c2ccc(CN)cn2)n1. The minimum absolute atomic E-state index is 0.376. The lowest BCUT2D eigenvalue weighted by molar-refractivity contribution is 0.430. The molecule has 3 aromatic rings. The van der Waals surface area contributed by atoms with Gasteiger partial charge in [-0.05, 0) is 29.7 Å². The van der Waals surface area contributed by atoms with Crippen LogP contribution in [0.4, 0.5) is 0 Å². The monoisotopic (exact) mass is 281 g/mol. The quantitative estimate of drug-likeness (QED) is 0.788.